The zero-order chi connectivity index (χ0) is 21.7. The number of amides is 2. The molecule has 3 rings (SSSR count). The van der Waals surface area contributed by atoms with E-state index in [1.807, 2.05) is 0 Å². The predicted octanol–water partition coefficient (Wildman–Crippen LogP) is 3.07. The maximum absolute atomic E-state index is 13.9. The van der Waals surface area contributed by atoms with E-state index in [0.717, 1.165) is 0 Å². The highest BCUT2D eigenvalue weighted by atomic mass is 19.1. The zero-order valence-corrected chi connectivity index (χ0v) is 16.9. The van der Waals surface area contributed by atoms with E-state index in [-0.39, 0.29) is 18.7 Å². The van der Waals surface area contributed by atoms with Crippen molar-refractivity contribution in [2.75, 3.05) is 33.2 Å². The van der Waals surface area contributed by atoms with Crippen molar-refractivity contribution in [3.8, 4) is 17.2 Å². The summed E-state index contributed by atoms with van der Waals surface area (Å²) < 4.78 is 34.9. The number of halogens is 1. The van der Waals surface area contributed by atoms with Gasteiger partial charge in [-0.1, -0.05) is 12.1 Å². The molecule has 8 nitrogen and oxygen atoms in total. The van der Waals surface area contributed by atoms with Crippen LogP contribution in [0.2, 0.25) is 0 Å². The third-order valence-corrected chi connectivity index (χ3v) is 4.78. The van der Waals surface area contributed by atoms with Gasteiger partial charge >= 0.3 is 12.0 Å². The van der Waals surface area contributed by atoms with Crippen molar-refractivity contribution in [1.29, 1.82) is 0 Å². The van der Waals surface area contributed by atoms with Crippen LogP contribution in [-0.4, -0.2) is 56.9 Å². The van der Waals surface area contributed by atoms with Crippen LogP contribution in [0, 0.1) is 5.82 Å². The molecular formula is C21H23FN2O6. The van der Waals surface area contributed by atoms with Crippen LogP contribution in [0.4, 0.5) is 14.9 Å². The molecule has 1 saturated heterocycles. The number of esters is 1. The highest BCUT2D eigenvalue weighted by Gasteiger charge is 2.42. The van der Waals surface area contributed by atoms with Crippen LogP contribution >= 0.6 is 0 Å². The molecule has 1 aliphatic rings. The van der Waals surface area contributed by atoms with Crippen LogP contribution in [-0.2, 0) is 9.53 Å². The van der Waals surface area contributed by atoms with Gasteiger partial charge in [-0.2, -0.15) is 0 Å². The molecule has 0 aromatic heterocycles. The van der Waals surface area contributed by atoms with Crippen molar-refractivity contribution in [2.45, 2.75) is 18.6 Å². The van der Waals surface area contributed by atoms with E-state index in [9.17, 15) is 14.0 Å². The van der Waals surface area contributed by atoms with Crippen molar-refractivity contribution in [3.05, 3.63) is 48.3 Å². The van der Waals surface area contributed by atoms with Crippen molar-refractivity contribution >= 4 is 17.7 Å². The summed E-state index contributed by atoms with van der Waals surface area (Å²) in [4.78, 5) is 26.5. The molecule has 1 aliphatic heterocycles. The fourth-order valence-corrected chi connectivity index (χ4v) is 3.28. The van der Waals surface area contributed by atoms with Gasteiger partial charge in [0.2, 0.25) is 0 Å². The standard InChI is InChI=1S/C21H23FN2O6/c1-27-13-8-9-16(19(11-13)28-2)23-21(26)24-12-14(10-17(24)20(25)29-3)30-18-7-5-4-6-15(18)22/h4-9,11,14,17H,10,12H2,1-3H3,(H,23,26)/t14-,17-/m0/s1. The van der Waals surface area contributed by atoms with Crippen LogP contribution in [0.3, 0.4) is 0 Å². The maximum atomic E-state index is 13.9. The Morgan fingerprint density at radius 1 is 1.07 bits per heavy atom. The Balaban J connectivity index is 1.77. The monoisotopic (exact) mass is 418 g/mol. The number of urea groups is 1. The second-order valence-electron chi connectivity index (χ2n) is 6.59. The predicted molar refractivity (Wildman–Crippen MR) is 107 cm³/mol. The van der Waals surface area contributed by atoms with Crippen molar-refractivity contribution in [2.24, 2.45) is 0 Å². The van der Waals surface area contributed by atoms with Crippen molar-refractivity contribution < 1.29 is 32.9 Å². The third-order valence-electron chi connectivity index (χ3n) is 4.78. The molecule has 2 aromatic rings. The fourth-order valence-electron chi connectivity index (χ4n) is 3.28. The molecule has 1 N–H and O–H groups in total. The molecule has 2 amide bonds. The molecule has 0 saturated carbocycles. The molecule has 30 heavy (non-hydrogen) atoms. The third kappa shape index (κ3) is 4.56. The van der Waals surface area contributed by atoms with E-state index in [1.54, 1.807) is 30.3 Å². The number of nitrogens with zero attached hydrogens (tertiary/aromatic N) is 1. The number of carbonyl (C=O) groups excluding carboxylic acids is 2. The first-order valence-corrected chi connectivity index (χ1v) is 9.25. The number of benzene rings is 2. The minimum Gasteiger partial charge on any atom is -0.497 e. The number of rotatable bonds is 6. The molecular weight excluding hydrogens is 395 g/mol. The molecule has 2 aromatic carbocycles. The first kappa shape index (κ1) is 21.2. The van der Waals surface area contributed by atoms with Gasteiger partial charge in [-0.3, -0.25) is 0 Å². The van der Waals surface area contributed by atoms with Gasteiger partial charge in [0.05, 0.1) is 33.6 Å². The summed E-state index contributed by atoms with van der Waals surface area (Å²) in [6.07, 6.45) is -0.400. The number of anilines is 1. The molecule has 0 bridgehead atoms. The van der Waals surface area contributed by atoms with Gasteiger partial charge in [0, 0.05) is 12.5 Å². The summed E-state index contributed by atoms with van der Waals surface area (Å²) in [6, 6.07) is 9.50. The largest absolute Gasteiger partial charge is 0.497 e. The van der Waals surface area contributed by atoms with Crippen LogP contribution in [0.15, 0.2) is 42.5 Å². The second-order valence-corrected chi connectivity index (χ2v) is 6.59. The Morgan fingerprint density at radius 3 is 2.50 bits per heavy atom. The lowest BCUT2D eigenvalue weighted by Gasteiger charge is -2.23. The van der Waals surface area contributed by atoms with Crippen molar-refractivity contribution in [3.63, 3.8) is 0 Å². The Hall–Kier alpha value is -3.49. The Bertz CT molecular complexity index is 922. The van der Waals surface area contributed by atoms with Crippen LogP contribution < -0.4 is 19.5 Å². The smallest absolute Gasteiger partial charge is 0.328 e. The van der Waals surface area contributed by atoms with Gasteiger partial charge in [-0.15, -0.1) is 0 Å². The maximum Gasteiger partial charge on any atom is 0.328 e. The lowest BCUT2D eigenvalue weighted by molar-refractivity contribution is -0.144. The lowest BCUT2D eigenvalue weighted by Crippen LogP contribution is -2.43. The second kappa shape index (κ2) is 9.34. The van der Waals surface area contributed by atoms with Gasteiger partial charge in [0.1, 0.15) is 23.6 Å². The summed E-state index contributed by atoms with van der Waals surface area (Å²) in [5.41, 5.74) is 0.408. The van der Waals surface area contributed by atoms with E-state index in [1.165, 1.54) is 38.4 Å². The normalized spacial score (nSPS) is 17.9. The molecule has 9 heteroatoms. The molecule has 0 spiro atoms. The summed E-state index contributed by atoms with van der Waals surface area (Å²) >= 11 is 0. The van der Waals surface area contributed by atoms with Crippen LogP contribution in [0.25, 0.3) is 0 Å². The molecule has 1 fully saturated rings. The van der Waals surface area contributed by atoms with E-state index < -0.39 is 30.0 Å². The van der Waals surface area contributed by atoms with Gasteiger partial charge in [0.25, 0.3) is 0 Å². The van der Waals surface area contributed by atoms with E-state index in [4.69, 9.17) is 18.9 Å². The molecule has 1 heterocycles. The lowest BCUT2D eigenvalue weighted by atomic mass is 10.2. The SMILES string of the molecule is COC(=O)[C@@H]1C[C@H](Oc2ccccc2F)CN1C(=O)Nc1ccc(OC)cc1OC. The molecule has 0 aliphatic carbocycles. The number of nitrogens with one attached hydrogen (secondary N) is 1. The van der Waals surface area contributed by atoms with Gasteiger partial charge in [0.15, 0.2) is 11.6 Å². The number of hydrogen-bond donors (Lipinski definition) is 1. The first-order valence-electron chi connectivity index (χ1n) is 9.25. The Labute approximate surface area is 173 Å². The molecule has 2 atom stereocenters. The minimum atomic E-state index is -0.865. The summed E-state index contributed by atoms with van der Waals surface area (Å²) in [7, 11) is 4.24. The first-order chi connectivity index (χ1) is 14.5. The van der Waals surface area contributed by atoms with E-state index in [0.29, 0.717) is 17.2 Å². The summed E-state index contributed by atoms with van der Waals surface area (Å²) in [5, 5.41) is 2.73. The topological polar surface area (TPSA) is 86.3 Å². The van der Waals surface area contributed by atoms with Crippen molar-refractivity contribution in [1.82, 2.24) is 4.90 Å². The number of ether oxygens (including phenoxy) is 4. The van der Waals surface area contributed by atoms with E-state index >= 15 is 0 Å². The summed E-state index contributed by atoms with van der Waals surface area (Å²) in [5.74, 6) is -0.0675. The molecule has 0 radical (unpaired) electrons. The Kier molecular flexibility index (Phi) is 6.61. The number of carbonyl (C=O) groups is 2. The fraction of sp³-hybridized carbons (Fsp3) is 0.333. The van der Waals surface area contributed by atoms with Gasteiger partial charge in [-0.05, 0) is 24.3 Å². The number of hydrogen-bond acceptors (Lipinski definition) is 6. The highest BCUT2D eigenvalue weighted by Crippen LogP contribution is 2.31. The number of likely N-dealkylation sites (tertiary alicyclic amines) is 1. The van der Waals surface area contributed by atoms with E-state index in [2.05, 4.69) is 5.32 Å². The highest BCUT2D eigenvalue weighted by molar-refractivity contribution is 5.94. The Morgan fingerprint density at radius 2 is 1.83 bits per heavy atom. The number of para-hydroxylation sites is 1. The minimum absolute atomic E-state index is 0.0604. The molecule has 0 unspecified atom stereocenters. The summed E-state index contributed by atoms with van der Waals surface area (Å²) in [6.45, 7) is 0.0818. The quantitative estimate of drug-likeness (QED) is 0.726. The average Bonchev–Trinajstić information content (AvgIpc) is 3.19. The van der Waals surface area contributed by atoms with Gasteiger partial charge < -0.3 is 29.2 Å². The molecule has 160 valence electrons. The van der Waals surface area contributed by atoms with Gasteiger partial charge in [-0.25, -0.2) is 14.0 Å². The number of methoxy groups -OCH3 is 3. The average molecular weight is 418 g/mol. The van der Waals surface area contributed by atoms with Crippen LogP contribution in [0.5, 0.6) is 17.2 Å². The van der Waals surface area contributed by atoms with Crippen LogP contribution in [0.1, 0.15) is 6.42 Å². The zero-order valence-electron chi connectivity index (χ0n) is 16.9.